The Labute approximate surface area is 105 Å². The molecule has 1 saturated heterocycles. The second-order valence-corrected chi connectivity index (χ2v) is 7.51. The van der Waals surface area contributed by atoms with Crippen molar-refractivity contribution < 1.29 is 5.11 Å². The van der Waals surface area contributed by atoms with Crippen LogP contribution in [0.25, 0.3) is 0 Å². The molecule has 3 nitrogen and oxygen atoms in total. The second kappa shape index (κ2) is 4.64. The minimum Gasteiger partial charge on any atom is -0.386 e. The van der Waals surface area contributed by atoms with E-state index in [0.29, 0.717) is 10.8 Å². The highest BCUT2D eigenvalue weighted by atomic mass is 32.2. The van der Waals surface area contributed by atoms with Crippen LogP contribution in [0, 0.1) is 0 Å². The van der Waals surface area contributed by atoms with Crippen LogP contribution in [0.4, 0.5) is 0 Å². The van der Waals surface area contributed by atoms with Crippen LogP contribution in [-0.2, 0) is 6.54 Å². The molecule has 90 valence electrons. The van der Waals surface area contributed by atoms with Crippen molar-refractivity contribution in [2.45, 2.75) is 44.2 Å². The molecule has 2 unspecified atom stereocenters. The maximum absolute atomic E-state index is 9.38. The van der Waals surface area contributed by atoms with Crippen LogP contribution < -0.4 is 5.32 Å². The lowest BCUT2D eigenvalue weighted by Gasteiger charge is -2.44. The number of aliphatic hydroxyl groups is 1. The number of aliphatic hydroxyl groups excluding tert-OH is 1. The molecule has 1 fully saturated rings. The lowest BCUT2D eigenvalue weighted by atomic mass is 10.0. The first-order valence-corrected chi connectivity index (χ1v) is 7.29. The van der Waals surface area contributed by atoms with E-state index in [0.717, 1.165) is 11.6 Å². The maximum atomic E-state index is 9.38. The molecule has 2 heterocycles. The summed E-state index contributed by atoms with van der Waals surface area (Å²) in [6.45, 7) is 7.15. The molecule has 0 aromatic carbocycles. The van der Waals surface area contributed by atoms with E-state index in [-0.39, 0.29) is 0 Å². The summed E-state index contributed by atoms with van der Waals surface area (Å²) in [6, 6.07) is 0.592. The molecule has 0 saturated carbocycles. The Morgan fingerprint density at radius 3 is 2.88 bits per heavy atom. The lowest BCUT2D eigenvalue weighted by molar-refractivity contribution is 0.199. The third kappa shape index (κ3) is 2.59. The largest absolute Gasteiger partial charge is 0.386 e. The summed E-state index contributed by atoms with van der Waals surface area (Å²) in [5.74, 6) is 1.19. The van der Waals surface area contributed by atoms with Gasteiger partial charge in [-0.15, -0.1) is 11.3 Å². The topological polar surface area (TPSA) is 45.2 Å². The van der Waals surface area contributed by atoms with Crippen molar-refractivity contribution in [1.29, 1.82) is 0 Å². The number of thiazole rings is 1. The van der Waals surface area contributed by atoms with E-state index in [1.807, 2.05) is 18.0 Å². The standard InChI is InChI=1S/C11H18N2OS2/c1-7(14)10-13-5-8(16-10)4-12-9-6-15-11(9,2)3/h5,7,9,12,14H,4,6H2,1-3H3. The molecule has 0 radical (unpaired) electrons. The van der Waals surface area contributed by atoms with Gasteiger partial charge < -0.3 is 10.4 Å². The van der Waals surface area contributed by atoms with Gasteiger partial charge in [0, 0.05) is 34.2 Å². The Hall–Kier alpha value is -0.100. The van der Waals surface area contributed by atoms with Crippen LogP contribution in [-0.4, -0.2) is 26.6 Å². The number of aromatic nitrogens is 1. The molecule has 2 atom stereocenters. The number of hydrogen-bond donors (Lipinski definition) is 2. The summed E-state index contributed by atoms with van der Waals surface area (Å²) >= 11 is 3.59. The lowest BCUT2D eigenvalue weighted by Crippen LogP contribution is -2.54. The van der Waals surface area contributed by atoms with Gasteiger partial charge in [-0.05, 0) is 20.8 Å². The zero-order valence-electron chi connectivity index (χ0n) is 9.86. The van der Waals surface area contributed by atoms with Crippen LogP contribution in [0.2, 0.25) is 0 Å². The molecule has 5 heteroatoms. The quantitative estimate of drug-likeness (QED) is 0.869. The fraction of sp³-hybridized carbons (Fsp3) is 0.727. The highest BCUT2D eigenvalue weighted by Gasteiger charge is 2.38. The Bertz CT molecular complexity index is 363. The monoisotopic (exact) mass is 258 g/mol. The number of hydrogen-bond acceptors (Lipinski definition) is 5. The summed E-state index contributed by atoms with van der Waals surface area (Å²) in [5, 5.41) is 13.7. The minimum atomic E-state index is -0.450. The van der Waals surface area contributed by atoms with Gasteiger partial charge in [0.25, 0.3) is 0 Å². The first-order valence-electron chi connectivity index (χ1n) is 5.49. The third-order valence-corrected chi connectivity index (χ3v) is 5.61. The minimum absolute atomic E-state index is 0.359. The summed E-state index contributed by atoms with van der Waals surface area (Å²) in [7, 11) is 0. The fourth-order valence-corrected chi connectivity index (χ4v) is 3.63. The predicted octanol–water partition coefficient (Wildman–Crippen LogP) is 2.18. The summed E-state index contributed by atoms with van der Waals surface area (Å²) in [5.41, 5.74) is 0. The van der Waals surface area contributed by atoms with Gasteiger partial charge in [0.05, 0.1) is 0 Å². The highest BCUT2D eigenvalue weighted by molar-refractivity contribution is 8.02. The van der Waals surface area contributed by atoms with Crippen LogP contribution in [0.3, 0.4) is 0 Å². The van der Waals surface area contributed by atoms with Crippen molar-refractivity contribution in [3.05, 3.63) is 16.1 Å². The Morgan fingerprint density at radius 2 is 2.44 bits per heavy atom. The van der Waals surface area contributed by atoms with E-state index in [9.17, 15) is 5.11 Å². The Balaban J connectivity index is 1.85. The number of rotatable bonds is 4. The van der Waals surface area contributed by atoms with Gasteiger partial charge in [-0.1, -0.05) is 0 Å². The van der Waals surface area contributed by atoms with Crippen LogP contribution in [0.5, 0.6) is 0 Å². The zero-order chi connectivity index (χ0) is 11.8. The maximum Gasteiger partial charge on any atom is 0.121 e. The van der Waals surface area contributed by atoms with Gasteiger partial charge in [0.2, 0.25) is 0 Å². The normalized spacial score (nSPS) is 25.1. The predicted molar refractivity (Wildman–Crippen MR) is 69.9 cm³/mol. The SMILES string of the molecule is CC(O)c1ncc(CNC2CSC2(C)C)s1. The second-order valence-electron chi connectivity index (χ2n) is 4.69. The molecule has 1 aliphatic rings. The zero-order valence-corrected chi connectivity index (χ0v) is 11.5. The molecule has 0 aliphatic carbocycles. The number of thioether (sulfide) groups is 1. The van der Waals surface area contributed by atoms with E-state index in [4.69, 9.17) is 0 Å². The molecule has 16 heavy (non-hydrogen) atoms. The molecule has 2 rings (SSSR count). The van der Waals surface area contributed by atoms with Crippen molar-refractivity contribution in [3.8, 4) is 0 Å². The summed E-state index contributed by atoms with van der Waals surface area (Å²) in [6.07, 6.45) is 1.41. The molecule has 1 aromatic rings. The van der Waals surface area contributed by atoms with Gasteiger partial charge >= 0.3 is 0 Å². The number of nitrogens with zero attached hydrogens (tertiary/aromatic N) is 1. The van der Waals surface area contributed by atoms with Gasteiger partial charge in [0.15, 0.2) is 0 Å². The van der Waals surface area contributed by atoms with Gasteiger partial charge in [-0.3, -0.25) is 0 Å². The van der Waals surface area contributed by atoms with Gasteiger partial charge in [0.1, 0.15) is 11.1 Å². The van der Waals surface area contributed by atoms with E-state index in [1.165, 1.54) is 10.6 Å². The molecule has 1 aromatic heterocycles. The average molecular weight is 258 g/mol. The molecule has 2 N–H and O–H groups in total. The molecule has 0 bridgehead atoms. The van der Waals surface area contributed by atoms with Crippen molar-refractivity contribution in [2.75, 3.05) is 5.75 Å². The number of nitrogens with one attached hydrogen (secondary N) is 1. The van der Waals surface area contributed by atoms with Crippen molar-refractivity contribution in [2.24, 2.45) is 0 Å². The fourth-order valence-electron chi connectivity index (χ4n) is 1.63. The van der Waals surface area contributed by atoms with Crippen LogP contribution in [0.1, 0.15) is 36.8 Å². The summed E-state index contributed by atoms with van der Waals surface area (Å²) < 4.78 is 0.359. The highest BCUT2D eigenvalue weighted by Crippen LogP contribution is 2.40. The van der Waals surface area contributed by atoms with E-state index in [2.05, 4.69) is 24.1 Å². The third-order valence-electron chi connectivity index (χ3n) is 2.91. The Morgan fingerprint density at radius 1 is 1.69 bits per heavy atom. The van der Waals surface area contributed by atoms with E-state index < -0.39 is 6.10 Å². The average Bonchev–Trinajstić information content (AvgIpc) is 2.65. The molecule has 0 amide bonds. The van der Waals surface area contributed by atoms with E-state index in [1.54, 1.807) is 18.3 Å². The smallest absolute Gasteiger partial charge is 0.121 e. The first kappa shape index (κ1) is 12.4. The molecule has 0 spiro atoms. The molecular formula is C11H18N2OS2. The van der Waals surface area contributed by atoms with Crippen molar-refractivity contribution in [3.63, 3.8) is 0 Å². The van der Waals surface area contributed by atoms with Gasteiger partial charge in [-0.2, -0.15) is 11.8 Å². The van der Waals surface area contributed by atoms with Crippen LogP contribution >= 0.6 is 23.1 Å². The first-order chi connectivity index (χ1) is 7.49. The van der Waals surface area contributed by atoms with Crippen molar-refractivity contribution >= 4 is 23.1 Å². The molecule has 1 aliphatic heterocycles. The molecular weight excluding hydrogens is 240 g/mol. The van der Waals surface area contributed by atoms with Crippen LogP contribution in [0.15, 0.2) is 6.20 Å². The van der Waals surface area contributed by atoms with Gasteiger partial charge in [-0.25, -0.2) is 4.98 Å². The van der Waals surface area contributed by atoms with E-state index >= 15 is 0 Å². The Kier molecular flexibility index (Phi) is 3.59. The summed E-state index contributed by atoms with van der Waals surface area (Å²) in [4.78, 5) is 5.39. The van der Waals surface area contributed by atoms with Crippen molar-refractivity contribution in [1.82, 2.24) is 10.3 Å².